The molecule has 134 valence electrons. The molecule has 3 N–H and O–H groups in total. The van der Waals surface area contributed by atoms with Crippen molar-refractivity contribution < 1.29 is 14.3 Å². The normalized spacial score (nSPS) is 17.8. The summed E-state index contributed by atoms with van der Waals surface area (Å²) in [6.45, 7) is 3.49. The lowest BCUT2D eigenvalue weighted by Gasteiger charge is -2.14. The van der Waals surface area contributed by atoms with Gasteiger partial charge in [0, 0.05) is 23.5 Å². The van der Waals surface area contributed by atoms with Crippen molar-refractivity contribution in [2.24, 2.45) is 0 Å². The Morgan fingerprint density at radius 1 is 1.32 bits per heavy atom. The third-order valence-corrected chi connectivity index (χ3v) is 4.45. The van der Waals surface area contributed by atoms with Gasteiger partial charge >= 0.3 is 0 Å². The van der Waals surface area contributed by atoms with Crippen LogP contribution >= 0.6 is 0 Å². The van der Waals surface area contributed by atoms with Crippen LogP contribution in [0.1, 0.15) is 49.5 Å². The molecule has 1 saturated heterocycles. The van der Waals surface area contributed by atoms with Gasteiger partial charge in [-0.25, -0.2) is 0 Å². The average Bonchev–Trinajstić information content (AvgIpc) is 2.93. The summed E-state index contributed by atoms with van der Waals surface area (Å²) in [6.07, 6.45) is 4.65. The fourth-order valence-corrected chi connectivity index (χ4v) is 2.97. The summed E-state index contributed by atoms with van der Waals surface area (Å²) in [5.74, 6) is 0.429. The molecule has 2 heterocycles. The number of H-pyrrole nitrogens is 1. The summed E-state index contributed by atoms with van der Waals surface area (Å²) >= 11 is 0. The van der Waals surface area contributed by atoms with Crippen molar-refractivity contribution >= 4 is 22.7 Å². The molecular weight excluding hydrogens is 318 g/mol. The summed E-state index contributed by atoms with van der Waals surface area (Å²) in [5, 5.41) is 6.60. The maximum atomic E-state index is 12.5. The molecule has 0 spiro atoms. The zero-order chi connectivity index (χ0) is 17.6. The number of hydrogen-bond donors (Lipinski definition) is 3. The summed E-state index contributed by atoms with van der Waals surface area (Å²) in [6, 6.07) is 7.08. The topological polar surface area (TPSA) is 83.2 Å². The predicted molar refractivity (Wildman–Crippen MR) is 96.8 cm³/mol. The van der Waals surface area contributed by atoms with E-state index in [1.807, 2.05) is 18.2 Å². The minimum Gasteiger partial charge on any atom is -0.494 e. The number of benzene rings is 1. The Balaban J connectivity index is 1.69. The lowest BCUT2D eigenvalue weighted by Crippen LogP contribution is -2.45. The van der Waals surface area contributed by atoms with Gasteiger partial charge in [-0.15, -0.1) is 0 Å². The first-order valence-corrected chi connectivity index (χ1v) is 9.01. The molecule has 3 rings (SSSR count). The van der Waals surface area contributed by atoms with Crippen LogP contribution in [-0.2, 0) is 4.79 Å². The van der Waals surface area contributed by atoms with Crippen LogP contribution in [0.2, 0.25) is 0 Å². The summed E-state index contributed by atoms with van der Waals surface area (Å²) < 4.78 is 5.70. The van der Waals surface area contributed by atoms with Crippen molar-refractivity contribution in [2.75, 3.05) is 13.2 Å². The third-order valence-electron chi connectivity index (χ3n) is 4.45. The largest absolute Gasteiger partial charge is 0.494 e. The second-order valence-corrected chi connectivity index (χ2v) is 6.45. The van der Waals surface area contributed by atoms with E-state index in [1.165, 1.54) is 0 Å². The number of ether oxygens (including phenoxy) is 1. The lowest BCUT2D eigenvalue weighted by atomic mass is 10.1. The van der Waals surface area contributed by atoms with Crippen molar-refractivity contribution in [3.05, 3.63) is 30.0 Å². The lowest BCUT2D eigenvalue weighted by molar-refractivity contribution is -0.122. The monoisotopic (exact) mass is 343 g/mol. The van der Waals surface area contributed by atoms with Crippen LogP contribution in [0.25, 0.3) is 10.9 Å². The highest BCUT2D eigenvalue weighted by Crippen LogP contribution is 2.22. The molecule has 6 heteroatoms. The first-order chi connectivity index (χ1) is 12.2. The summed E-state index contributed by atoms with van der Waals surface area (Å²) in [4.78, 5) is 27.6. The molecule has 1 atom stereocenters. The van der Waals surface area contributed by atoms with Crippen molar-refractivity contribution in [3.63, 3.8) is 0 Å². The van der Waals surface area contributed by atoms with Crippen molar-refractivity contribution in [1.29, 1.82) is 0 Å². The van der Waals surface area contributed by atoms with Crippen molar-refractivity contribution in [1.82, 2.24) is 15.6 Å². The van der Waals surface area contributed by atoms with E-state index in [4.69, 9.17) is 4.74 Å². The molecule has 1 aliphatic heterocycles. The number of nitrogens with one attached hydrogen (secondary N) is 3. The second kappa shape index (κ2) is 8.05. The Labute approximate surface area is 147 Å². The standard InChI is InChI=1S/C19H25N3O3/c1-2-3-10-25-14-8-7-13-11-17(21-16(13)12-14)19(24)22-15-6-4-5-9-20-18(15)23/h7-8,11-12,15,21H,2-6,9-10H2,1H3,(H,20,23)(H,22,24). The molecule has 2 aromatic rings. The average molecular weight is 343 g/mol. The minimum atomic E-state index is -0.464. The van der Waals surface area contributed by atoms with Gasteiger partial charge in [0.25, 0.3) is 5.91 Å². The highest BCUT2D eigenvalue weighted by Gasteiger charge is 2.23. The van der Waals surface area contributed by atoms with Gasteiger partial charge in [-0.2, -0.15) is 0 Å². The fourth-order valence-electron chi connectivity index (χ4n) is 2.97. The molecule has 1 unspecified atom stereocenters. The van der Waals surface area contributed by atoms with Crippen LogP contribution in [0.5, 0.6) is 5.75 Å². The van der Waals surface area contributed by atoms with Gasteiger partial charge in [-0.05, 0) is 43.9 Å². The van der Waals surface area contributed by atoms with E-state index >= 15 is 0 Å². The van der Waals surface area contributed by atoms with Crippen molar-refractivity contribution in [2.45, 2.75) is 45.1 Å². The number of unbranched alkanes of at least 4 members (excludes halogenated alkanes) is 1. The predicted octanol–water partition coefficient (Wildman–Crippen LogP) is 2.75. The van der Waals surface area contributed by atoms with Crippen molar-refractivity contribution in [3.8, 4) is 5.75 Å². The molecule has 0 aliphatic carbocycles. The number of hydrogen-bond acceptors (Lipinski definition) is 3. The van der Waals surface area contributed by atoms with Crippen LogP contribution in [0, 0.1) is 0 Å². The van der Waals surface area contributed by atoms with E-state index < -0.39 is 6.04 Å². The van der Waals surface area contributed by atoms with Crippen LogP contribution < -0.4 is 15.4 Å². The van der Waals surface area contributed by atoms with Gasteiger partial charge in [0.05, 0.1) is 6.61 Å². The summed E-state index contributed by atoms with van der Waals surface area (Å²) in [7, 11) is 0. The van der Waals surface area contributed by atoms with Gasteiger partial charge in [0.15, 0.2) is 0 Å². The fraction of sp³-hybridized carbons (Fsp3) is 0.474. The van der Waals surface area contributed by atoms with Crippen LogP contribution in [0.15, 0.2) is 24.3 Å². The smallest absolute Gasteiger partial charge is 0.268 e. The van der Waals surface area contributed by atoms with E-state index in [-0.39, 0.29) is 11.8 Å². The highest BCUT2D eigenvalue weighted by molar-refractivity contribution is 6.00. The van der Waals surface area contributed by atoms with Gasteiger partial charge in [0.2, 0.25) is 5.91 Å². The number of carbonyl (C=O) groups is 2. The van der Waals surface area contributed by atoms with Crippen LogP contribution in [0.4, 0.5) is 0 Å². The quantitative estimate of drug-likeness (QED) is 0.705. The molecule has 0 bridgehead atoms. The number of fused-ring (bicyclic) bond motifs is 1. The van der Waals surface area contributed by atoms with E-state index in [9.17, 15) is 9.59 Å². The van der Waals surface area contributed by atoms with Gasteiger partial charge in [-0.3, -0.25) is 9.59 Å². The zero-order valence-electron chi connectivity index (χ0n) is 14.6. The second-order valence-electron chi connectivity index (χ2n) is 6.45. The van der Waals surface area contributed by atoms with Crippen LogP contribution in [-0.4, -0.2) is 36.0 Å². The number of rotatable bonds is 6. The van der Waals surface area contributed by atoms with E-state index in [1.54, 1.807) is 6.07 Å². The molecule has 0 saturated carbocycles. The Bertz CT molecular complexity index is 753. The number of aromatic nitrogens is 1. The van der Waals surface area contributed by atoms with E-state index in [0.29, 0.717) is 25.3 Å². The maximum Gasteiger partial charge on any atom is 0.268 e. The molecule has 1 aromatic heterocycles. The van der Waals surface area contributed by atoms with E-state index in [0.717, 1.165) is 42.3 Å². The highest BCUT2D eigenvalue weighted by atomic mass is 16.5. The Morgan fingerprint density at radius 3 is 3.04 bits per heavy atom. The van der Waals surface area contributed by atoms with Gasteiger partial charge in [0.1, 0.15) is 17.5 Å². The molecule has 1 aromatic carbocycles. The molecule has 0 radical (unpaired) electrons. The summed E-state index contributed by atoms with van der Waals surface area (Å²) in [5.41, 5.74) is 1.31. The van der Waals surface area contributed by atoms with Crippen LogP contribution in [0.3, 0.4) is 0 Å². The maximum absolute atomic E-state index is 12.5. The molecule has 1 aliphatic rings. The Morgan fingerprint density at radius 2 is 2.20 bits per heavy atom. The Hall–Kier alpha value is -2.50. The minimum absolute atomic E-state index is 0.103. The van der Waals surface area contributed by atoms with E-state index in [2.05, 4.69) is 22.5 Å². The van der Waals surface area contributed by atoms with Gasteiger partial charge < -0.3 is 20.4 Å². The molecule has 2 amide bonds. The number of aromatic amines is 1. The third kappa shape index (κ3) is 4.32. The SMILES string of the molecule is CCCCOc1ccc2cc(C(=O)NC3CCCCNC3=O)[nH]c2c1. The Kier molecular flexibility index (Phi) is 5.58. The zero-order valence-corrected chi connectivity index (χ0v) is 14.6. The molecule has 6 nitrogen and oxygen atoms in total. The number of amides is 2. The first kappa shape index (κ1) is 17.3. The molecule has 1 fully saturated rings. The first-order valence-electron chi connectivity index (χ1n) is 9.01. The number of carbonyl (C=O) groups excluding carboxylic acids is 2. The van der Waals surface area contributed by atoms with Gasteiger partial charge in [-0.1, -0.05) is 13.3 Å². The molecule has 25 heavy (non-hydrogen) atoms. The molecular formula is C19H25N3O3.